The van der Waals surface area contributed by atoms with Gasteiger partial charge in [0.05, 0.1) is 11.4 Å². The molecule has 7 nitrogen and oxygen atoms in total. The Morgan fingerprint density at radius 3 is 2.57 bits per heavy atom. The third kappa shape index (κ3) is 4.40. The van der Waals surface area contributed by atoms with Crippen LogP contribution in [0.1, 0.15) is 11.1 Å². The lowest BCUT2D eigenvalue weighted by molar-refractivity contribution is -0.138. The molecule has 0 aliphatic rings. The largest absolute Gasteiger partial charge is 0.480 e. The number of carbonyl (C=O) groups is 1. The Morgan fingerprint density at radius 2 is 1.89 bits per heavy atom. The van der Waals surface area contributed by atoms with Gasteiger partial charge in [0.25, 0.3) is 0 Å². The van der Waals surface area contributed by atoms with E-state index in [9.17, 15) is 18.3 Å². The number of carboxylic acid groups (broad SMARTS) is 1. The first-order valence-corrected chi connectivity index (χ1v) is 9.98. The maximum absolute atomic E-state index is 12.6. The van der Waals surface area contributed by atoms with Gasteiger partial charge in [-0.15, -0.1) is 0 Å². The molecule has 0 aliphatic carbocycles. The van der Waals surface area contributed by atoms with Crippen molar-refractivity contribution in [3.63, 3.8) is 0 Å². The van der Waals surface area contributed by atoms with Crippen molar-refractivity contribution in [3.8, 4) is 11.8 Å². The summed E-state index contributed by atoms with van der Waals surface area (Å²) in [6, 6.07) is 12.0. The summed E-state index contributed by atoms with van der Waals surface area (Å²) in [5.41, 5.74) is 7.51. The molecule has 0 aliphatic heterocycles. The summed E-state index contributed by atoms with van der Waals surface area (Å²) in [4.78, 5) is 14.7. The van der Waals surface area contributed by atoms with Crippen LogP contribution in [0.15, 0.2) is 59.6 Å². The Balaban J connectivity index is 1.82. The van der Waals surface area contributed by atoms with Gasteiger partial charge >= 0.3 is 5.97 Å². The van der Waals surface area contributed by atoms with Gasteiger partial charge in [-0.2, -0.15) is 4.72 Å². The molecule has 0 saturated carbocycles. The minimum atomic E-state index is -4.01. The minimum absolute atomic E-state index is 0.0125. The second kappa shape index (κ2) is 8.27. The standard InChI is InChI=1S/C20H19N3O4S/c21-11-3-4-14-7-9-16(10-8-14)28(26,27)23-19(20(24)25)12-15-13-22-18-6-2-1-5-17(15)18/h1-2,5-10,13,19,22-23H,11-12,21H2,(H,24,25)/t19-/m1/s1. The second-order valence-corrected chi connectivity index (χ2v) is 7.82. The number of sulfonamides is 1. The van der Waals surface area contributed by atoms with Crippen molar-refractivity contribution in [1.29, 1.82) is 0 Å². The minimum Gasteiger partial charge on any atom is -0.480 e. The quantitative estimate of drug-likeness (QED) is 0.469. The Bertz CT molecular complexity index is 1160. The van der Waals surface area contributed by atoms with Crippen molar-refractivity contribution in [3.05, 3.63) is 65.9 Å². The molecule has 1 heterocycles. The summed E-state index contributed by atoms with van der Waals surface area (Å²) >= 11 is 0. The number of aromatic amines is 1. The molecule has 0 radical (unpaired) electrons. The van der Waals surface area contributed by atoms with Gasteiger partial charge in [0.15, 0.2) is 0 Å². The number of H-pyrrole nitrogens is 1. The van der Waals surface area contributed by atoms with Crippen molar-refractivity contribution in [2.75, 3.05) is 6.54 Å². The van der Waals surface area contributed by atoms with Gasteiger partial charge in [-0.25, -0.2) is 8.42 Å². The molecular formula is C20H19N3O4S. The fourth-order valence-corrected chi connectivity index (χ4v) is 4.01. The van der Waals surface area contributed by atoms with Crippen LogP contribution in [-0.4, -0.2) is 37.1 Å². The highest BCUT2D eigenvalue weighted by Crippen LogP contribution is 2.20. The summed E-state index contributed by atoms with van der Waals surface area (Å²) in [6.45, 7) is 0.204. The van der Waals surface area contributed by atoms with Crippen LogP contribution in [-0.2, 0) is 21.2 Å². The van der Waals surface area contributed by atoms with Crippen LogP contribution in [0.2, 0.25) is 0 Å². The molecule has 5 N–H and O–H groups in total. The average Bonchev–Trinajstić information content (AvgIpc) is 3.09. The number of aliphatic carboxylic acids is 1. The van der Waals surface area contributed by atoms with Gasteiger partial charge in [0, 0.05) is 29.1 Å². The molecule has 1 atom stereocenters. The first-order valence-electron chi connectivity index (χ1n) is 8.50. The Labute approximate surface area is 162 Å². The van der Waals surface area contributed by atoms with Crippen LogP contribution < -0.4 is 10.5 Å². The number of carboxylic acids is 1. The number of hydrogen-bond acceptors (Lipinski definition) is 4. The van der Waals surface area contributed by atoms with Crippen molar-refractivity contribution in [2.24, 2.45) is 5.73 Å². The van der Waals surface area contributed by atoms with E-state index in [4.69, 9.17) is 5.73 Å². The highest BCUT2D eigenvalue weighted by atomic mass is 32.2. The number of aromatic nitrogens is 1. The van der Waals surface area contributed by atoms with E-state index in [0.717, 1.165) is 16.5 Å². The molecule has 0 saturated heterocycles. The fraction of sp³-hybridized carbons (Fsp3) is 0.150. The molecule has 1 aromatic heterocycles. The predicted octanol–water partition coefficient (Wildman–Crippen LogP) is 1.45. The van der Waals surface area contributed by atoms with Crippen LogP contribution in [0.5, 0.6) is 0 Å². The summed E-state index contributed by atoms with van der Waals surface area (Å²) in [7, 11) is -4.01. The van der Waals surface area contributed by atoms with Crippen LogP contribution >= 0.6 is 0 Å². The monoisotopic (exact) mass is 397 g/mol. The maximum Gasteiger partial charge on any atom is 0.322 e. The lowest BCUT2D eigenvalue weighted by atomic mass is 10.1. The highest BCUT2D eigenvalue weighted by molar-refractivity contribution is 7.89. The van der Waals surface area contributed by atoms with E-state index in [1.54, 1.807) is 18.3 Å². The first kappa shape index (κ1) is 19.6. The Kier molecular flexibility index (Phi) is 5.80. The Hall–Kier alpha value is -3.12. The van der Waals surface area contributed by atoms with Crippen LogP contribution in [0, 0.1) is 11.8 Å². The summed E-state index contributed by atoms with van der Waals surface area (Å²) < 4.78 is 27.5. The molecule has 0 amide bonds. The normalized spacial score (nSPS) is 12.3. The number of fused-ring (bicyclic) bond motifs is 1. The van der Waals surface area contributed by atoms with E-state index in [0.29, 0.717) is 5.56 Å². The number of nitrogens with two attached hydrogens (primary N) is 1. The van der Waals surface area contributed by atoms with Crippen LogP contribution in [0.25, 0.3) is 10.9 Å². The van der Waals surface area contributed by atoms with E-state index in [1.165, 1.54) is 12.1 Å². The molecule has 2 aromatic carbocycles. The van der Waals surface area contributed by atoms with E-state index < -0.39 is 22.0 Å². The molecule has 8 heteroatoms. The Morgan fingerprint density at radius 1 is 1.18 bits per heavy atom. The van der Waals surface area contributed by atoms with Gasteiger partial charge in [-0.05, 0) is 35.9 Å². The fourth-order valence-electron chi connectivity index (χ4n) is 2.83. The molecule has 28 heavy (non-hydrogen) atoms. The van der Waals surface area contributed by atoms with Crippen molar-refractivity contribution in [2.45, 2.75) is 17.4 Å². The average molecular weight is 397 g/mol. The molecule has 3 rings (SSSR count). The summed E-state index contributed by atoms with van der Waals surface area (Å²) in [6.07, 6.45) is 1.71. The molecule has 0 bridgehead atoms. The van der Waals surface area contributed by atoms with Crippen LogP contribution in [0.3, 0.4) is 0 Å². The van der Waals surface area contributed by atoms with E-state index in [-0.39, 0.29) is 17.9 Å². The van der Waals surface area contributed by atoms with E-state index in [2.05, 4.69) is 21.5 Å². The lowest BCUT2D eigenvalue weighted by Crippen LogP contribution is -2.42. The number of hydrogen-bond donors (Lipinski definition) is 4. The van der Waals surface area contributed by atoms with Gasteiger partial charge in [-0.3, -0.25) is 4.79 Å². The van der Waals surface area contributed by atoms with Crippen molar-refractivity contribution in [1.82, 2.24) is 9.71 Å². The summed E-state index contributed by atoms with van der Waals surface area (Å²) in [5, 5.41) is 10.4. The zero-order valence-corrected chi connectivity index (χ0v) is 15.7. The first-order chi connectivity index (χ1) is 13.4. The van der Waals surface area contributed by atoms with E-state index in [1.807, 2.05) is 24.3 Å². The highest BCUT2D eigenvalue weighted by Gasteiger charge is 2.26. The molecule has 3 aromatic rings. The van der Waals surface area contributed by atoms with Crippen LogP contribution in [0.4, 0.5) is 0 Å². The van der Waals surface area contributed by atoms with Gasteiger partial charge < -0.3 is 15.8 Å². The second-order valence-electron chi connectivity index (χ2n) is 6.11. The van der Waals surface area contributed by atoms with Crippen molar-refractivity contribution >= 4 is 26.9 Å². The molecule has 0 fully saturated rings. The summed E-state index contributed by atoms with van der Waals surface area (Å²) in [5.74, 6) is 4.23. The predicted molar refractivity (Wildman–Crippen MR) is 106 cm³/mol. The zero-order valence-electron chi connectivity index (χ0n) is 14.8. The third-order valence-electron chi connectivity index (χ3n) is 4.19. The topological polar surface area (TPSA) is 125 Å². The molecule has 0 unspecified atom stereocenters. The van der Waals surface area contributed by atoms with Gasteiger partial charge in [0.2, 0.25) is 10.0 Å². The smallest absolute Gasteiger partial charge is 0.322 e. The SMILES string of the molecule is NCC#Cc1ccc(S(=O)(=O)N[C@H](Cc2c[nH]c3ccccc23)C(=O)O)cc1. The molecule has 0 spiro atoms. The maximum atomic E-state index is 12.6. The van der Waals surface area contributed by atoms with Crippen molar-refractivity contribution < 1.29 is 18.3 Å². The van der Waals surface area contributed by atoms with E-state index >= 15 is 0 Å². The number of para-hydroxylation sites is 1. The lowest BCUT2D eigenvalue weighted by Gasteiger charge is -2.14. The molecular weight excluding hydrogens is 378 g/mol. The number of nitrogens with one attached hydrogen (secondary N) is 2. The zero-order chi connectivity index (χ0) is 20.1. The van der Waals surface area contributed by atoms with Gasteiger partial charge in [0.1, 0.15) is 6.04 Å². The van der Waals surface area contributed by atoms with Gasteiger partial charge in [-0.1, -0.05) is 30.0 Å². The third-order valence-corrected chi connectivity index (χ3v) is 5.68. The molecule has 144 valence electrons. The number of benzene rings is 2. The number of rotatable bonds is 6.